The summed E-state index contributed by atoms with van der Waals surface area (Å²) in [6.07, 6.45) is 3.97. The molecule has 0 saturated carbocycles. The van der Waals surface area contributed by atoms with Crippen LogP contribution in [-0.4, -0.2) is 36.1 Å². The zero-order valence-electron chi connectivity index (χ0n) is 19.0. The zero-order chi connectivity index (χ0) is 21.7. The molecule has 0 radical (unpaired) electrons. The molecule has 0 rings (SSSR count). The quantitative estimate of drug-likeness (QED) is 0.281. The van der Waals surface area contributed by atoms with Crippen LogP contribution in [0.15, 0.2) is 0 Å². The van der Waals surface area contributed by atoms with E-state index in [-0.39, 0.29) is 24.8 Å². The number of carbonyl (C=O) groups is 2. The minimum atomic E-state index is -0.966. The Kier molecular flexibility index (Phi) is 13.2. The molecule has 166 valence electrons. The molecule has 0 aliphatic carbocycles. The van der Waals surface area contributed by atoms with Gasteiger partial charge in [0.25, 0.3) is 0 Å². The Labute approximate surface area is 171 Å². The van der Waals surface area contributed by atoms with Crippen molar-refractivity contribution in [1.29, 1.82) is 0 Å². The molecule has 2 N–H and O–H groups in total. The number of rotatable bonds is 15. The van der Waals surface area contributed by atoms with E-state index in [1.165, 1.54) is 0 Å². The number of ether oxygens (including phenoxy) is 2. The number of hydrogen-bond acceptors (Lipinski definition) is 4. The van der Waals surface area contributed by atoms with E-state index in [0.29, 0.717) is 24.9 Å². The van der Waals surface area contributed by atoms with Crippen LogP contribution in [0.25, 0.3) is 0 Å². The standard InChI is InChI=1S/C22H43NO5/c1-8-9-10-11-27-22(18(6)7,14-17(4)5)28-21(26)23-15-19(12-16(2)3)13-20(24)25/h16-19H,8-15H2,1-7H3,(H,23,26)(H,24,25). The Hall–Kier alpha value is -1.30. The van der Waals surface area contributed by atoms with Gasteiger partial charge >= 0.3 is 12.1 Å². The maximum absolute atomic E-state index is 12.5. The van der Waals surface area contributed by atoms with Crippen LogP contribution in [0, 0.1) is 23.7 Å². The van der Waals surface area contributed by atoms with E-state index in [4.69, 9.17) is 14.6 Å². The molecule has 0 aliphatic heterocycles. The summed E-state index contributed by atoms with van der Waals surface area (Å²) in [6.45, 7) is 15.2. The van der Waals surface area contributed by atoms with E-state index in [2.05, 4.69) is 26.1 Å². The number of alkyl carbamates (subject to hydrolysis) is 1. The predicted molar refractivity (Wildman–Crippen MR) is 112 cm³/mol. The fourth-order valence-electron chi connectivity index (χ4n) is 3.39. The van der Waals surface area contributed by atoms with Crippen molar-refractivity contribution in [2.24, 2.45) is 23.7 Å². The highest BCUT2D eigenvalue weighted by Crippen LogP contribution is 2.32. The number of nitrogens with one attached hydrogen (secondary N) is 1. The van der Waals surface area contributed by atoms with Crippen LogP contribution in [0.1, 0.15) is 87.0 Å². The van der Waals surface area contributed by atoms with Crippen molar-refractivity contribution < 1.29 is 24.2 Å². The van der Waals surface area contributed by atoms with E-state index >= 15 is 0 Å². The minimum Gasteiger partial charge on any atom is -0.481 e. The lowest BCUT2D eigenvalue weighted by atomic mass is 9.92. The molecule has 0 bridgehead atoms. The number of carbonyl (C=O) groups excluding carboxylic acids is 1. The normalized spacial score (nSPS) is 14.9. The van der Waals surface area contributed by atoms with E-state index in [0.717, 1.165) is 25.7 Å². The van der Waals surface area contributed by atoms with E-state index in [1.807, 2.05) is 27.7 Å². The summed E-state index contributed by atoms with van der Waals surface area (Å²) in [6, 6.07) is 0. The lowest BCUT2D eigenvalue weighted by Gasteiger charge is -2.38. The fourth-order valence-corrected chi connectivity index (χ4v) is 3.39. The van der Waals surface area contributed by atoms with Gasteiger partial charge in [-0.2, -0.15) is 0 Å². The first kappa shape index (κ1) is 26.7. The number of carboxylic acid groups (broad SMARTS) is 1. The van der Waals surface area contributed by atoms with Crippen molar-refractivity contribution >= 4 is 12.1 Å². The zero-order valence-corrected chi connectivity index (χ0v) is 19.0. The predicted octanol–water partition coefficient (Wildman–Crippen LogP) is 5.45. The molecule has 0 saturated heterocycles. The molecule has 0 aromatic heterocycles. The smallest absolute Gasteiger partial charge is 0.409 e. The number of carboxylic acids is 1. The van der Waals surface area contributed by atoms with Crippen molar-refractivity contribution in [3.05, 3.63) is 0 Å². The number of unbranched alkanes of at least 4 members (excludes halogenated alkanes) is 2. The highest BCUT2D eigenvalue weighted by Gasteiger charge is 2.40. The second-order valence-corrected chi connectivity index (χ2v) is 8.98. The number of hydrogen-bond donors (Lipinski definition) is 2. The Bertz CT molecular complexity index is 450. The van der Waals surface area contributed by atoms with Crippen LogP contribution in [0.3, 0.4) is 0 Å². The molecular formula is C22H43NO5. The topological polar surface area (TPSA) is 84.9 Å². The van der Waals surface area contributed by atoms with E-state index in [9.17, 15) is 9.59 Å². The maximum Gasteiger partial charge on any atom is 0.409 e. The Morgan fingerprint density at radius 1 is 1.04 bits per heavy atom. The minimum absolute atomic E-state index is 0.00718. The summed E-state index contributed by atoms with van der Waals surface area (Å²) >= 11 is 0. The van der Waals surface area contributed by atoms with E-state index < -0.39 is 17.8 Å². The van der Waals surface area contributed by atoms with Crippen LogP contribution in [0.2, 0.25) is 0 Å². The summed E-state index contributed by atoms with van der Waals surface area (Å²) < 4.78 is 12.0. The van der Waals surface area contributed by atoms with Crippen molar-refractivity contribution in [2.45, 2.75) is 92.8 Å². The summed E-state index contributed by atoms with van der Waals surface area (Å²) in [7, 11) is 0. The van der Waals surface area contributed by atoms with Crippen LogP contribution in [0.4, 0.5) is 4.79 Å². The largest absolute Gasteiger partial charge is 0.481 e. The Morgan fingerprint density at radius 3 is 2.14 bits per heavy atom. The summed E-state index contributed by atoms with van der Waals surface area (Å²) in [5.41, 5.74) is 0. The third-order valence-corrected chi connectivity index (χ3v) is 4.74. The van der Waals surface area contributed by atoms with Crippen molar-refractivity contribution in [3.63, 3.8) is 0 Å². The van der Waals surface area contributed by atoms with Gasteiger partial charge in [0.15, 0.2) is 0 Å². The first-order chi connectivity index (χ1) is 13.0. The molecule has 0 fully saturated rings. The molecule has 0 spiro atoms. The van der Waals surface area contributed by atoms with Crippen LogP contribution >= 0.6 is 0 Å². The molecule has 0 heterocycles. The van der Waals surface area contributed by atoms with Crippen LogP contribution in [-0.2, 0) is 14.3 Å². The summed E-state index contributed by atoms with van der Waals surface area (Å²) in [5, 5.41) is 11.9. The summed E-state index contributed by atoms with van der Waals surface area (Å²) in [4.78, 5) is 23.6. The highest BCUT2D eigenvalue weighted by molar-refractivity contribution is 5.68. The molecule has 2 atom stereocenters. The molecule has 0 aromatic carbocycles. The first-order valence-corrected chi connectivity index (χ1v) is 10.8. The van der Waals surface area contributed by atoms with Gasteiger partial charge in [-0.3, -0.25) is 4.79 Å². The molecule has 6 heteroatoms. The highest BCUT2D eigenvalue weighted by atomic mass is 16.7. The van der Waals surface area contributed by atoms with Gasteiger partial charge in [-0.1, -0.05) is 61.3 Å². The maximum atomic E-state index is 12.5. The molecular weight excluding hydrogens is 358 g/mol. The number of amides is 1. The fraction of sp³-hybridized carbons (Fsp3) is 0.909. The van der Waals surface area contributed by atoms with Gasteiger partial charge in [-0.25, -0.2) is 4.79 Å². The third kappa shape index (κ3) is 11.5. The van der Waals surface area contributed by atoms with Gasteiger partial charge in [0.1, 0.15) is 0 Å². The average molecular weight is 402 g/mol. The second kappa shape index (κ2) is 13.8. The molecule has 0 aliphatic rings. The van der Waals surface area contributed by atoms with Gasteiger partial charge in [-0.05, 0) is 30.6 Å². The first-order valence-electron chi connectivity index (χ1n) is 10.8. The van der Waals surface area contributed by atoms with Crippen molar-refractivity contribution in [3.8, 4) is 0 Å². The van der Waals surface area contributed by atoms with Gasteiger partial charge in [0.2, 0.25) is 5.79 Å². The lowest BCUT2D eigenvalue weighted by Crippen LogP contribution is -2.47. The Morgan fingerprint density at radius 2 is 1.68 bits per heavy atom. The molecule has 28 heavy (non-hydrogen) atoms. The van der Waals surface area contributed by atoms with Gasteiger partial charge in [0.05, 0.1) is 6.61 Å². The van der Waals surface area contributed by atoms with E-state index in [1.54, 1.807) is 0 Å². The molecule has 2 unspecified atom stereocenters. The molecule has 6 nitrogen and oxygen atoms in total. The number of aliphatic carboxylic acids is 1. The van der Waals surface area contributed by atoms with Gasteiger partial charge < -0.3 is 19.9 Å². The van der Waals surface area contributed by atoms with Crippen molar-refractivity contribution in [1.82, 2.24) is 5.32 Å². The van der Waals surface area contributed by atoms with Crippen molar-refractivity contribution in [2.75, 3.05) is 13.2 Å². The van der Waals surface area contributed by atoms with Crippen LogP contribution in [0.5, 0.6) is 0 Å². The third-order valence-electron chi connectivity index (χ3n) is 4.74. The average Bonchev–Trinajstić information content (AvgIpc) is 2.54. The monoisotopic (exact) mass is 401 g/mol. The van der Waals surface area contributed by atoms with Gasteiger partial charge in [0, 0.05) is 25.3 Å². The Balaban J connectivity index is 5.01. The SMILES string of the molecule is CCCCCOC(CC(C)C)(OC(=O)NCC(CC(=O)O)CC(C)C)C(C)C. The molecule has 0 aromatic rings. The molecule has 1 amide bonds. The van der Waals surface area contributed by atoms with Gasteiger partial charge in [-0.15, -0.1) is 0 Å². The second-order valence-electron chi connectivity index (χ2n) is 8.98. The summed E-state index contributed by atoms with van der Waals surface area (Å²) in [5.74, 6) is -1.26. The lowest BCUT2D eigenvalue weighted by molar-refractivity contribution is -0.237. The van der Waals surface area contributed by atoms with Crippen LogP contribution < -0.4 is 5.32 Å².